The quantitative estimate of drug-likeness (QED) is 0.715. The molecule has 0 bridgehead atoms. The van der Waals surface area contributed by atoms with Gasteiger partial charge in [-0.25, -0.2) is 0 Å². The van der Waals surface area contributed by atoms with E-state index < -0.39 is 18.3 Å². The van der Waals surface area contributed by atoms with Gasteiger partial charge in [-0.05, 0) is 70.6 Å². The summed E-state index contributed by atoms with van der Waals surface area (Å²) in [5.41, 5.74) is 5.08. The molecule has 0 N–H and O–H groups in total. The first-order valence-electron chi connectivity index (χ1n) is 8.70. The summed E-state index contributed by atoms with van der Waals surface area (Å²) in [5.74, 6) is 0.568. The van der Waals surface area contributed by atoms with E-state index in [1.165, 1.54) is 34.0 Å². The molecule has 1 saturated heterocycles. The van der Waals surface area contributed by atoms with Crippen LogP contribution < -0.4 is 0 Å². The Morgan fingerprint density at radius 3 is 2.00 bits per heavy atom. The molecule has 0 radical (unpaired) electrons. The summed E-state index contributed by atoms with van der Waals surface area (Å²) < 4.78 is 12.4. The van der Waals surface area contributed by atoms with Crippen molar-refractivity contribution in [2.24, 2.45) is 0 Å². The molecule has 1 aromatic carbocycles. The molecule has 1 heterocycles. The lowest BCUT2D eigenvalue weighted by Gasteiger charge is -2.32. The first kappa shape index (κ1) is 20.3. The van der Waals surface area contributed by atoms with E-state index in [-0.39, 0.29) is 5.12 Å². The number of carbonyl (C=O) groups excluding carboxylic acids is 1. The van der Waals surface area contributed by atoms with E-state index in [0.29, 0.717) is 5.75 Å². The van der Waals surface area contributed by atoms with Gasteiger partial charge in [-0.15, -0.1) is 0 Å². The SMILES string of the molecule is CC(=O)SCC(=Cc1c(C)cc(C)cc1C)B1OC(C)(C)C(C)(C)O1. The topological polar surface area (TPSA) is 35.5 Å². The summed E-state index contributed by atoms with van der Waals surface area (Å²) >= 11 is 1.29. The second kappa shape index (κ2) is 7.30. The van der Waals surface area contributed by atoms with Crippen LogP contribution in [-0.2, 0) is 14.1 Å². The van der Waals surface area contributed by atoms with Crippen molar-refractivity contribution in [1.29, 1.82) is 0 Å². The van der Waals surface area contributed by atoms with Gasteiger partial charge in [-0.3, -0.25) is 4.79 Å². The molecule has 0 amide bonds. The highest BCUT2D eigenvalue weighted by atomic mass is 32.2. The highest BCUT2D eigenvalue weighted by Crippen LogP contribution is 2.39. The van der Waals surface area contributed by atoms with Crippen LogP contribution >= 0.6 is 11.8 Å². The molecule has 0 spiro atoms. The largest absolute Gasteiger partial charge is 0.491 e. The van der Waals surface area contributed by atoms with Crippen molar-refractivity contribution < 1.29 is 14.1 Å². The van der Waals surface area contributed by atoms with Crippen molar-refractivity contribution in [3.05, 3.63) is 39.9 Å². The Kier molecular flexibility index (Phi) is 5.92. The van der Waals surface area contributed by atoms with Crippen LogP contribution in [0.2, 0.25) is 0 Å². The van der Waals surface area contributed by atoms with Gasteiger partial charge in [0, 0.05) is 12.7 Å². The molecule has 25 heavy (non-hydrogen) atoms. The van der Waals surface area contributed by atoms with Crippen molar-refractivity contribution >= 4 is 30.1 Å². The Hall–Kier alpha value is -1.04. The molecule has 3 nitrogen and oxygen atoms in total. The zero-order chi connectivity index (χ0) is 19.0. The van der Waals surface area contributed by atoms with Crippen LogP contribution in [0.5, 0.6) is 0 Å². The maximum atomic E-state index is 11.5. The van der Waals surface area contributed by atoms with Crippen LogP contribution in [0, 0.1) is 20.8 Å². The van der Waals surface area contributed by atoms with Gasteiger partial charge in [-0.2, -0.15) is 0 Å². The normalized spacial score (nSPS) is 19.4. The molecule has 0 aromatic heterocycles. The number of carbonyl (C=O) groups is 1. The first-order valence-corrected chi connectivity index (χ1v) is 9.69. The van der Waals surface area contributed by atoms with Crippen LogP contribution in [0.4, 0.5) is 0 Å². The van der Waals surface area contributed by atoms with E-state index in [0.717, 1.165) is 5.47 Å². The fourth-order valence-electron chi connectivity index (χ4n) is 2.96. The van der Waals surface area contributed by atoms with Crippen LogP contribution in [0.3, 0.4) is 0 Å². The van der Waals surface area contributed by atoms with Gasteiger partial charge in [0.05, 0.1) is 11.2 Å². The average Bonchev–Trinajstić information content (AvgIpc) is 2.65. The highest BCUT2D eigenvalue weighted by Gasteiger charge is 2.52. The summed E-state index contributed by atoms with van der Waals surface area (Å²) in [4.78, 5) is 11.5. The minimum Gasteiger partial charge on any atom is -0.400 e. The Morgan fingerprint density at radius 1 is 1.08 bits per heavy atom. The third-order valence-electron chi connectivity index (χ3n) is 5.07. The Morgan fingerprint density at radius 2 is 1.56 bits per heavy atom. The minimum atomic E-state index is -0.433. The van der Waals surface area contributed by atoms with Crippen LogP contribution in [0.15, 0.2) is 17.6 Å². The molecule has 1 aliphatic rings. The van der Waals surface area contributed by atoms with Crippen molar-refractivity contribution in [2.45, 2.75) is 66.6 Å². The number of benzene rings is 1. The molecule has 1 fully saturated rings. The van der Waals surface area contributed by atoms with Gasteiger partial charge in [-0.1, -0.05) is 35.5 Å². The lowest BCUT2D eigenvalue weighted by molar-refractivity contribution is -0.109. The number of hydrogen-bond donors (Lipinski definition) is 0. The zero-order valence-electron chi connectivity index (χ0n) is 16.6. The number of thioether (sulfide) groups is 1. The molecule has 5 heteroatoms. The molecule has 2 rings (SSSR count). The second-order valence-electron chi connectivity index (χ2n) is 7.90. The summed E-state index contributed by atoms with van der Waals surface area (Å²) in [6, 6.07) is 4.36. The fraction of sp³-hybridized carbons (Fsp3) is 0.550. The van der Waals surface area contributed by atoms with Gasteiger partial charge in [0.15, 0.2) is 5.12 Å². The smallest absolute Gasteiger partial charge is 0.400 e. The predicted octanol–water partition coefficient (Wildman–Crippen LogP) is 4.91. The minimum absolute atomic E-state index is 0.0970. The maximum Gasteiger partial charge on any atom is 0.491 e. The Labute approximate surface area is 156 Å². The van der Waals surface area contributed by atoms with Gasteiger partial charge in [0.1, 0.15) is 0 Å². The molecule has 1 aliphatic heterocycles. The monoisotopic (exact) mass is 360 g/mol. The summed E-state index contributed by atoms with van der Waals surface area (Å²) in [6.07, 6.45) is 2.14. The van der Waals surface area contributed by atoms with E-state index in [1.54, 1.807) is 6.92 Å². The van der Waals surface area contributed by atoms with Crippen LogP contribution in [0.1, 0.15) is 56.9 Å². The van der Waals surface area contributed by atoms with E-state index in [4.69, 9.17) is 9.31 Å². The molecular formula is C20H29BO3S. The van der Waals surface area contributed by atoms with Gasteiger partial charge in [0.25, 0.3) is 0 Å². The van der Waals surface area contributed by atoms with Gasteiger partial charge in [0.2, 0.25) is 0 Å². The Balaban J connectivity index is 2.42. The number of hydrogen-bond acceptors (Lipinski definition) is 4. The van der Waals surface area contributed by atoms with Crippen molar-refractivity contribution in [3.8, 4) is 0 Å². The Bertz CT molecular complexity index is 668. The predicted molar refractivity (Wildman–Crippen MR) is 108 cm³/mol. The molecule has 1 aromatic rings. The summed E-state index contributed by atoms with van der Waals surface area (Å²) in [6.45, 7) is 16.1. The van der Waals surface area contributed by atoms with E-state index in [1.807, 2.05) is 27.7 Å². The molecule has 136 valence electrons. The van der Waals surface area contributed by atoms with E-state index in [9.17, 15) is 4.79 Å². The third-order valence-corrected chi connectivity index (χ3v) is 5.95. The van der Waals surface area contributed by atoms with Crippen molar-refractivity contribution in [1.82, 2.24) is 0 Å². The molecule has 0 atom stereocenters. The van der Waals surface area contributed by atoms with Gasteiger partial charge >= 0.3 is 7.12 Å². The maximum absolute atomic E-state index is 11.5. The average molecular weight is 360 g/mol. The lowest BCUT2D eigenvalue weighted by atomic mass is 9.77. The molecule has 0 saturated carbocycles. The first-order chi connectivity index (χ1) is 11.4. The third kappa shape index (κ3) is 4.58. The van der Waals surface area contributed by atoms with E-state index >= 15 is 0 Å². The summed E-state index contributed by atoms with van der Waals surface area (Å²) in [5, 5.41) is 0.0970. The number of rotatable bonds is 4. The second-order valence-corrected chi connectivity index (χ2v) is 9.05. The van der Waals surface area contributed by atoms with Crippen molar-refractivity contribution in [3.63, 3.8) is 0 Å². The van der Waals surface area contributed by atoms with Gasteiger partial charge < -0.3 is 9.31 Å². The highest BCUT2D eigenvalue weighted by molar-refractivity contribution is 8.13. The zero-order valence-corrected chi connectivity index (χ0v) is 17.5. The molecular weight excluding hydrogens is 331 g/mol. The van der Waals surface area contributed by atoms with Crippen LogP contribution in [0.25, 0.3) is 6.08 Å². The van der Waals surface area contributed by atoms with Crippen molar-refractivity contribution in [2.75, 3.05) is 5.75 Å². The number of aryl methyl sites for hydroxylation is 3. The summed E-state index contributed by atoms with van der Waals surface area (Å²) in [7, 11) is -0.433. The standard InChI is InChI=1S/C20H29BO3S/c1-13-9-14(2)18(15(3)10-13)11-17(12-25-16(4)22)21-23-19(5,6)20(7,8)24-21/h9-11H,12H2,1-8H3. The fourth-order valence-corrected chi connectivity index (χ4v) is 3.55. The molecule has 0 aliphatic carbocycles. The van der Waals surface area contributed by atoms with Crippen LogP contribution in [-0.4, -0.2) is 29.2 Å². The van der Waals surface area contributed by atoms with E-state index in [2.05, 4.69) is 39.0 Å². The molecule has 0 unspecified atom stereocenters. The lowest BCUT2D eigenvalue weighted by Crippen LogP contribution is -2.41.